The van der Waals surface area contributed by atoms with Gasteiger partial charge < -0.3 is 21.3 Å². The van der Waals surface area contributed by atoms with Crippen LogP contribution in [-0.4, -0.2) is 26.9 Å². The van der Waals surface area contributed by atoms with Gasteiger partial charge in [-0.1, -0.05) is 42.0 Å². The molecule has 36 heavy (non-hydrogen) atoms. The fourth-order valence-electron chi connectivity index (χ4n) is 3.37. The summed E-state index contributed by atoms with van der Waals surface area (Å²) in [4.78, 5) is 25.6. The highest BCUT2D eigenvalue weighted by atomic mass is 19.1. The van der Waals surface area contributed by atoms with E-state index >= 15 is 0 Å². The van der Waals surface area contributed by atoms with Crippen LogP contribution >= 0.6 is 0 Å². The molecule has 0 fully saturated rings. The summed E-state index contributed by atoms with van der Waals surface area (Å²) in [5, 5.41) is 11.4. The number of halogens is 2. The minimum Gasteiger partial charge on any atom is -0.342 e. The van der Waals surface area contributed by atoms with E-state index in [9.17, 15) is 13.6 Å². The molecule has 0 aliphatic heterocycles. The highest BCUT2D eigenvalue weighted by Crippen LogP contribution is 2.22. The number of rotatable bonds is 8. The van der Waals surface area contributed by atoms with Gasteiger partial charge in [0, 0.05) is 5.69 Å². The van der Waals surface area contributed by atoms with Gasteiger partial charge in [-0.25, -0.2) is 8.78 Å². The van der Waals surface area contributed by atoms with E-state index in [1.165, 1.54) is 24.3 Å². The van der Waals surface area contributed by atoms with E-state index in [4.69, 9.17) is 0 Å². The Morgan fingerprint density at radius 3 is 1.81 bits per heavy atom. The highest BCUT2D eigenvalue weighted by molar-refractivity contribution is 5.96. The molecule has 10 heteroatoms. The summed E-state index contributed by atoms with van der Waals surface area (Å²) in [5.74, 6) is -1.29. The molecule has 4 rings (SSSR count). The molecule has 8 nitrogen and oxygen atoms in total. The largest absolute Gasteiger partial charge is 0.342 e. The van der Waals surface area contributed by atoms with Gasteiger partial charge in [0.1, 0.15) is 17.7 Å². The molecule has 0 saturated heterocycles. The van der Waals surface area contributed by atoms with Crippen molar-refractivity contribution in [2.24, 2.45) is 0 Å². The minimum atomic E-state index is -0.740. The summed E-state index contributed by atoms with van der Waals surface area (Å²) in [5.41, 5.74) is 3.01. The predicted molar refractivity (Wildman–Crippen MR) is 137 cm³/mol. The third-order valence-electron chi connectivity index (χ3n) is 5.25. The smallest absolute Gasteiger partial charge is 0.246 e. The SMILES string of the molecule is Cc1ccc(NC(=O)[C@@H](C)Nc2nc(Nc3ccccc3F)nc(Nc3ccccc3F)n2)c(C)c1. The number of hydrogen-bond acceptors (Lipinski definition) is 7. The van der Waals surface area contributed by atoms with Crippen LogP contribution in [0.3, 0.4) is 0 Å². The van der Waals surface area contributed by atoms with Crippen LogP contribution in [0.1, 0.15) is 18.1 Å². The van der Waals surface area contributed by atoms with Gasteiger partial charge >= 0.3 is 0 Å². The number of aryl methyl sites for hydroxylation is 2. The average Bonchev–Trinajstić information content (AvgIpc) is 2.83. The number of hydrogen-bond donors (Lipinski definition) is 4. The number of para-hydroxylation sites is 2. The summed E-state index contributed by atoms with van der Waals surface area (Å²) < 4.78 is 28.4. The Bertz CT molecular complexity index is 1330. The molecule has 4 aromatic rings. The first-order chi connectivity index (χ1) is 17.3. The molecule has 184 valence electrons. The van der Waals surface area contributed by atoms with Crippen LogP contribution in [-0.2, 0) is 4.79 Å². The maximum atomic E-state index is 14.2. The molecule has 0 bridgehead atoms. The van der Waals surface area contributed by atoms with Gasteiger partial charge in [0.15, 0.2) is 0 Å². The Morgan fingerprint density at radius 1 is 0.750 bits per heavy atom. The molecule has 3 aromatic carbocycles. The lowest BCUT2D eigenvalue weighted by molar-refractivity contribution is -0.116. The average molecular weight is 490 g/mol. The first-order valence-corrected chi connectivity index (χ1v) is 11.2. The van der Waals surface area contributed by atoms with Crippen molar-refractivity contribution in [3.8, 4) is 0 Å². The summed E-state index contributed by atoms with van der Waals surface area (Å²) in [7, 11) is 0. The summed E-state index contributed by atoms with van der Waals surface area (Å²) >= 11 is 0. The quantitative estimate of drug-likeness (QED) is 0.252. The van der Waals surface area contributed by atoms with Crippen molar-refractivity contribution in [2.45, 2.75) is 26.8 Å². The van der Waals surface area contributed by atoms with Crippen molar-refractivity contribution >= 4 is 40.8 Å². The monoisotopic (exact) mass is 489 g/mol. The van der Waals surface area contributed by atoms with Gasteiger partial charge in [-0.2, -0.15) is 15.0 Å². The van der Waals surface area contributed by atoms with Gasteiger partial charge in [0.25, 0.3) is 0 Å². The number of nitrogens with one attached hydrogen (secondary N) is 4. The maximum absolute atomic E-state index is 14.2. The number of aromatic nitrogens is 3. The van der Waals surface area contributed by atoms with Gasteiger partial charge in [-0.15, -0.1) is 0 Å². The molecule has 1 heterocycles. The number of carbonyl (C=O) groups is 1. The Hall–Kier alpha value is -4.60. The summed E-state index contributed by atoms with van der Waals surface area (Å²) in [6, 6.07) is 17.0. The van der Waals surface area contributed by atoms with E-state index in [0.29, 0.717) is 5.69 Å². The van der Waals surface area contributed by atoms with Gasteiger partial charge in [0.05, 0.1) is 11.4 Å². The van der Waals surface area contributed by atoms with E-state index in [-0.39, 0.29) is 35.1 Å². The maximum Gasteiger partial charge on any atom is 0.246 e. The number of carbonyl (C=O) groups excluding carboxylic acids is 1. The zero-order valence-electron chi connectivity index (χ0n) is 19.9. The molecule has 1 atom stereocenters. The van der Waals surface area contributed by atoms with Crippen molar-refractivity contribution in [3.05, 3.63) is 89.5 Å². The lowest BCUT2D eigenvalue weighted by atomic mass is 10.1. The molecule has 0 unspecified atom stereocenters. The van der Waals surface area contributed by atoms with Crippen LogP contribution in [0.5, 0.6) is 0 Å². The molecule has 0 saturated carbocycles. The molecule has 0 aliphatic carbocycles. The molecular formula is C26H25F2N7O. The number of nitrogens with zero attached hydrogens (tertiary/aromatic N) is 3. The normalized spacial score (nSPS) is 11.5. The first-order valence-electron chi connectivity index (χ1n) is 11.2. The Morgan fingerprint density at radius 2 is 1.28 bits per heavy atom. The van der Waals surface area contributed by atoms with E-state index < -0.39 is 17.7 Å². The standard InChI is InChI=1S/C26H25F2N7O/c1-15-12-13-20(16(2)14-15)30-23(36)17(3)29-24-33-25(31-21-10-6-4-8-18(21)27)35-26(34-24)32-22-11-7-5-9-19(22)28/h4-14,17H,1-3H3,(H,30,36)(H3,29,31,32,33,34,35)/t17-/m1/s1. The zero-order valence-corrected chi connectivity index (χ0v) is 19.9. The second-order valence-corrected chi connectivity index (χ2v) is 8.19. The Balaban J connectivity index is 1.58. The second-order valence-electron chi connectivity index (χ2n) is 8.19. The van der Waals surface area contributed by atoms with Crippen molar-refractivity contribution in [3.63, 3.8) is 0 Å². The number of anilines is 6. The third-order valence-corrected chi connectivity index (χ3v) is 5.25. The fourth-order valence-corrected chi connectivity index (χ4v) is 3.37. The molecule has 0 radical (unpaired) electrons. The Kier molecular flexibility index (Phi) is 7.33. The van der Waals surface area contributed by atoms with Crippen molar-refractivity contribution in [1.82, 2.24) is 15.0 Å². The topological polar surface area (TPSA) is 104 Å². The van der Waals surface area contributed by atoms with Crippen LogP contribution in [0.25, 0.3) is 0 Å². The van der Waals surface area contributed by atoms with Crippen LogP contribution in [0.15, 0.2) is 66.7 Å². The number of amides is 1. The van der Waals surface area contributed by atoms with Crippen LogP contribution in [0.2, 0.25) is 0 Å². The van der Waals surface area contributed by atoms with Crippen LogP contribution < -0.4 is 21.3 Å². The molecule has 1 aromatic heterocycles. The second kappa shape index (κ2) is 10.8. The highest BCUT2D eigenvalue weighted by Gasteiger charge is 2.17. The fraction of sp³-hybridized carbons (Fsp3) is 0.154. The van der Waals surface area contributed by atoms with Crippen LogP contribution in [0, 0.1) is 25.5 Å². The van der Waals surface area contributed by atoms with E-state index in [1.54, 1.807) is 31.2 Å². The molecule has 0 aliphatic rings. The lowest BCUT2D eigenvalue weighted by Crippen LogP contribution is -2.33. The van der Waals surface area contributed by atoms with Crippen molar-refractivity contribution in [1.29, 1.82) is 0 Å². The Labute approximate surface area is 207 Å². The molecule has 1 amide bonds. The van der Waals surface area contributed by atoms with Gasteiger partial charge in [-0.3, -0.25) is 4.79 Å². The predicted octanol–water partition coefficient (Wildman–Crippen LogP) is 5.69. The lowest BCUT2D eigenvalue weighted by Gasteiger charge is -2.17. The zero-order chi connectivity index (χ0) is 25.7. The van der Waals surface area contributed by atoms with Crippen LogP contribution in [0.4, 0.5) is 43.7 Å². The van der Waals surface area contributed by atoms with Crippen molar-refractivity contribution < 1.29 is 13.6 Å². The van der Waals surface area contributed by atoms with E-state index in [1.807, 2.05) is 32.0 Å². The van der Waals surface area contributed by atoms with E-state index in [2.05, 4.69) is 36.2 Å². The van der Waals surface area contributed by atoms with Crippen molar-refractivity contribution in [2.75, 3.05) is 21.3 Å². The van der Waals surface area contributed by atoms with Gasteiger partial charge in [0.2, 0.25) is 23.8 Å². The first kappa shape index (κ1) is 24.5. The third kappa shape index (κ3) is 6.09. The summed E-state index contributed by atoms with van der Waals surface area (Å²) in [6.07, 6.45) is 0. The minimum absolute atomic E-state index is 0.00146. The van der Waals surface area contributed by atoms with E-state index in [0.717, 1.165) is 11.1 Å². The number of benzene rings is 3. The van der Waals surface area contributed by atoms with Gasteiger partial charge in [-0.05, 0) is 56.7 Å². The molecule has 4 N–H and O–H groups in total. The summed E-state index contributed by atoms with van der Waals surface area (Å²) in [6.45, 7) is 5.54. The molecule has 0 spiro atoms. The molecular weight excluding hydrogens is 464 g/mol.